The SMILES string of the molecule is CS(=O)(=O)c1cccc(COC(=O)N2CCCC[C@H]2C(=O)N[C@@H](CC(=O)O)C(=O)CF)c1. The number of piperidine rings is 1. The molecule has 2 atom stereocenters. The third-order valence-electron chi connectivity index (χ3n) is 4.94. The number of carbonyl (C=O) groups is 4. The van der Waals surface area contributed by atoms with Crippen LogP contribution in [0.3, 0.4) is 0 Å². The molecule has 1 fully saturated rings. The van der Waals surface area contributed by atoms with Crippen molar-refractivity contribution in [3.05, 3.63) is 29.8 Å². The standard InChI is InChI=1S/C20H25FN2O8S/c1-32(29,30)14-6-4-5-13(9-14)12-31-20(28)23-8-3-2-7-16(23)19(27)22-15(10-18(25)26)17(24)11-21/h4-6,9,15-16H,2-3,7-8,10-12H2,1H3,(H,22,27)(H,25,26)/t15-,16-/m0/s1. The molecule has 0 aliphatic carbocycles. The topological polar surface area (TPSA) is 147 Å². The first-order chi connectivity index (χ1) is 15.0. The van der Waals surface area contributed by atoms with Gasteiger partial charge in [-0.05, 0) is 37.0 Å². The first kappa shape index (κ1) is 25.2. The van der Waals surface area contributed by atoms with Gasteiger partial charge >= 0.3 is 12.1 Å². The van der Waals surface area contributed by atoms with Gasteiger partial charge in [-0.25, -0.2) is 17.6 Å². The summed E-state index contributed by atoms with van der Waals surface area (Å²) in [5.41, 5.74) is 0.439. The molecule has 2 N–H and O–H groups in total. The van der Waals surface area contributed by atoms with Crippen LogP contribution in [0.1, 0.15) is 31.2 Å². The van der Waals surface area contributed by atoms with Crippen LogP contribution in [-0.2, 0) is 35.6 Å². The first-order valence-corrected chi connectivity index (χ1v) is 11.7. The van der Waals surface area contributed by atoms with Gasteiger partial charge in [0.25, 0.3) is 0 Å². The van der Waals surface area contributed by atoms with E-state index in [4.69, 9.17) is 9.84 Å². The molecule has 2 rings (SSSR count). The van der Waals surface area contributed by atoms with Gasteiger partial charge in [0.15, 0.2) is 15.6 Å². The van der Waals surface area contributed by atoms with Crippen LogP contribution in [0.2, 0.25) is 0 Å². The Morgan fingerprint density at radius 3 is 2.62 bits per heavy atom. The molecular weight excluding hydrogens is 447 g/mol. The maximum atomic E-state index is 12.7. The van der Waals surface area contributed by atoms with Crippen LogP contribution < -0.4 is 5.32 Å². The van der Waals surface area contributed by atoms with Crippen molar-refractivity contribution in [2.24, 2.45) is 0 Å². The zero-order valence-electron chi connectivity index (χ0n) is 17.5. The zero-order valence-corrected chi connectivity index (χ0v) is 18.3. The smallest absolute Gasteiger partial charge is 0.410 e. The van der Waals surface area contributed by atoms with Crippen molar-refractivity contribution in [1.29, 1.82) is 0 Å². The van der Waals surface area contributed by atoms with Crippen LogP contribution >= 0.6 is 0 Å². The lowest BCUT2D eigenvalue weighted by Crippen LogP contribution is -2.55. The van der Waals surface area contributed by atoms with Gasteiger partial charge in [0.05, 0.1) is 11.3 Å². The highest BCUT2D eigenvalue weighted by Crippen LogP contribution is 2.20. The normalized spacial score (nSPS) is 17.3. The Labute approximate surface area is 184 Å². The largest absolute Gasteiger partial charge is 0.481 e. The van der Waals surface area contributed by atoms with E-state index in [0.717, 1.165) is 11.2 Å². The number of alkyl halides is 1. The van der Waals surface area contributed by atoms with Crippen molar-refractivity contribution in [2.45, 2.75) is 49.3 Å². The molecular formula is C20H25FN2O8S. The molecule has 2 amide bonds. The summed E-state index contributed by atoms with van der Waals surface area (Å²) in [4.78, 5) is 49.1. The highest BCUT2D eigenvalue weighted by atomic mass is 32.2. The minimum Gasteiger partial charge on any atom is -0.481 e. The van der Waals surface area contributed by atoms with E-state index in [-0.39, 0.29) is 24.5 Å². The van der Waals surface area contributed by atoms with E-state index in [2.05, 4.69) is 5.32 Å². The second-order valence-electron chi connectivity index (χ2n) is 7.44. The Morgan fingerprint density at radius 1 is 1.28 bits per heavy atom. The number of benzene rings is 1. The summed E-state index contributed by atoms with van der Waals surface area (Å²) in [5, 5.41) is 11.1. The maximum Gasteiger partial charge on any atom is 0.410 e. The first-order valence-electron chi connectivity index (χ1n) is 9.86. The Bertz CT molecular complexity index is 982. The quantitative estimate of drug-likeness (QED) is 0.543. The summed E-state index contributed by atoms with van der Waals surface area (Å²) >= 11 is 0. The number of carboxylic acids is 1. The number of carboxylic acid groups (broad SMARTS) is 1. The summed E-state index contributed by atoms with van der Waals surface area (Å²) in [7, 11) is -3.43. The lowest BCUT2D eigenvalue weighted by Gasteiger charge is -2.34. The van der Waals surface area contributed by atoms with Gasteiger partial charge in [0.2, 0.25) is 5.91 Å². The lowest BCUT2D eigenvalue weighted by molar-refractivity contribution is -0.140. The number of carbonyl (C=O) groups excluding carboxylic acids is 3. The number of ketones is 1. The third kappa shape index (κ3) is 7.01. The van der Waals surface area contributed by atoms with Gasteiger partial charge in [-0.3, -0.25) is 19.3 Å². The molecule has 32 heavy (non-hydrogen) atoms. The van der Waals surface area contributed by atoms with Gasteiger partial charge in [-0.2, -0.15) is 0 Å². The Hall–Kier alpha value is -3.02. The van der Waals surface area contributed by atoms with Crippen LogP contribution in [0, 0.1) is 0 Å². The van der Waals surface area contributed by atoms with Crippen LogP contribution in [0.15, 0.2) is 29.2 Å². The summed E-state index contributed by atoms with van der Waals surface area (Å²) in [6.45, 7) is -1.46. The minimum atomic E-state index is -3.43. The number of aliphatic carboxylic acids is 1. The number of halogens is 1. The third-order valence-corrected chi connectivity index (χ3v) is 6.05. The fourth-order valence-corrected chi connectivity index (χ4v) is 3.99. The van der Waals surface area contributed by atoms with E-state index in [1.165, 1.54) is 18.2 Å². The van der Waals surface area contributed by atoms with Crippen molar-refractivity contribution in [2.75, 3.05) is 19.5 Å². The van der Waals surface area contributed by atoms with Crippen molar-refractivity contribution in [1.82, 2.24) is 10.2 Å². The fraction of sp³-hybridized carbons (Fsp3) is 0.500. The molecule has 1 heterocycles. The molecule has 1 aliphatic heterocycles. The molecule has 1 aromatic carbocycles. The molecule has 0 bridgehead atoms. The molecule has 0 unspecified atom stereocenters. The van der Waals surface area contributed by atoms with E-state index < -0.39 is 58.8 Å². The number of Topliss-reactive ketones (excluding diaryl/α,β-unsaturated/α-hetero) is 1. The van der Waals surface area contributed by atoms with Crippen molar-refractivity contribution < 1.29 is 41.8 Å². The highest BCUT2D eigenvalue weighted by Gasteiger charge is 2.35. The lowest BCUT2D eigenvalue weighted by atomic mass is 10.0. The average molecular weight is 472 g/mol. The second-order valence-corrected chi connectivity index (χ2v) is 9.45. The predicted octanol–water partition coefficient (Wildman–Crippen LogP) is 1.08. The van der Waals surface area contributed by atoms with Crippen molar-refractivity contribution in [3.63, 3.8) is 0 Å². The van der Waals surface area contributed by atoms with Crippen LogP contribution in [-0.4, -0.2) is 73.7 Å². The molecule has 1 aliphatic rings. The minimum absolute atomic E-state index is 0.0725. The highest BCUT2D eigenvalue weighted by molar-refractivity contribution is 7.90. The Balaban J connectivity index is 2.07. The van der Waals surface area contributed by atoms with Gasteiger partial charge in [0, 0.05) is 12.8 Å². The molecule has 0 spiro atoms. The van der Waals surface area contributed by atoms with Crippen LogP contribution in [0.4, 0.5) is 9.18 Å². The van der Waals surface area contributed by atoms with Gasteiger partial charge in [-0.1, -0.05) is 12.1 Å². The number of likely N-dealkylation sites (tertiary alicyclic amines) is 1. The van der Waals surface area contributed by atoms with E-state index in [0.29, 0.717) is 18.4 Å². The molecule has 0 saturated carbocycles. The number of hydrogen-bond donors (Lipinski definition) is 2. The second kappa shape index (κ2) is 11.0. The van der Waals surface area contributed by atoms with E-state index in [9.17, 15) is 32.0 Å². The monoisotopic (exact) mass is 472 g/mol. The number of hydrogen-bond acceptors (Lipinski definition) is 7. The maximum absolute atomic E-state index is 12.7. The molecule has 12 heteroatoms. The summed E-state index contributed by atoms with van der Waals surface area (Å²) in [6, 6.07) is 3.34. The van der Waals surface area contributed by atoms with Crippen molar-refractivity contribution >= 4 is 33.6 Å². The van der Waals surface area contributed by atoms with Gasteiger partial charge < -0.3 is 15.2 Å². The number of rotatable bonds is 9. The predicted molar refractivity (Wildman–Crippen MR) is 109 cm³/mol. The van der Waals surface area contributed by atoms with E-state index in [1.807, 2.05) is 0 Å². The number of nitrogens with zero attached hydrogens (tertiary/aromatic N) is 1. The average Bonchev–Trinajstić information content (AvgIpc) is 2.75. The molecule has 0 radical (unpaired) electrons. The zero-order chi connectivity index (χ0) is 23.9. The Morgan fingerprint density at radius 2 is 2.00 bits per heavy atom. The summed E-state index contributed by atoms with van der Waals surface area (Å²) in [6.07, 6.45) is 0.932. The summed E-state index contributed by atoms with van der Waals surface area (Å²) < 4.78 is 41.3. The summed E-state index contributed by atoms with van der Waals surface area (Å²) in [5.74, 6) is -3.22. The molecule has 1 saturated heterocycles. The number of nitrogens with one attached hydrogen (secondary N) is 1. The van der Waals surface area contributed by atoms with Crippen molar-refractivity contribution in [3.8, 4) is 0 Å². The number of sulfone groups is 1. The van der Waals surface area contributed by atoms with E-state index >= 15 is 0 Å². The fourth-order valence-electron chi connectivity index (χ4n) is 3.30. The molecule has 10 nitrogen and oxygen atoms in total. The van der Waals surface area contributed by atoms with Crippen LogP contribution in [0.5, 0.6) is 0 Å². The van der Waals surface area contributed by atoms with Gasteiger partial charge in [-0.15, -0.1) is 0 Å². The number of ether oxygens (including phenoxy) is 1. The molecule has 176 valence electrons. The van der Waals surface area contributed by atoms with Crippen LogP contribution in [0.25, 0.3) is 0 Å². The Kier molecular flexibility index (Phi) is 8.70. The number of amides is 2. The van der Waals surface area contributed by atoms with E-state index in [1.54, 1.807) is 6.07 Å². The van der Waals surface area contributed by atoms with Gasteiger partial charge in [0.1, 0.15) is 25.4 Å². The molecule has 0 aromatic heterocycles. The molecule has 1 aromatic rings.